The minimum absolute atomic E-state index is 0.1000. The fourth-order valence-corrected chi connectivity index (χ4v) is 3.44. The molecule has 2 rings (SSSR count). The summed E-state index contributed by atoms with van der Waals surface area (Å²) in [7, 11) is 0. The zero-order valence-corrected chi connectivity index (χ0v) is 13.5. The van der Waals surface area contributed by atoms with Crippen LogP contribution in [0.1, 0.15) is 52.9 Å². The van der Waals surface area contributed by atoms with Crippen LogP contribution in [0.25, 0.3) is 0 Å². The van der Waals surface area contributed by atoms with Gasteiger partial charge in [-0.05, 0) is 55.2 Å². The van der Waals surface area contributed by atoms with Crippen LogP contribution in [0.15, 0.2) is 24.3 Å². The number of aliphatic hydroxyl groups excluding tert-OH is 1. The minimum Gasteiger partial charge on any atom is -0.394 e. The largest absolute Gasteiger partial charge is 0.394 e. The maximum atomic E-state index is 13.3. The number of rotatable bonds is 5. The summed E-state index contributed by atoms with van der Waals surface area (Å²) in [5, 5.41) is 13.2. The molecule has 0 radical (unpaired) electrons. The van der Waals surface area contributed by atoms with Crippen molar-refractivity contribution in [1.82, 2.24) is 0 Å². The number of aliphatic hydroxyl groups is 1. The van der Waals surface area contributed by atoms with Gasteiger partial charge < -0.3 is 10.4 Å². The van der Waals surface area contributed by atoms with Crippen LogP contribution in [0.4, 0.5) is 10.1 Å². The van der Waals surface area contributed by atoms with Crippen LogP contribution in [0.5, 0.6) is 0 Å². The summed E-state index contributed by atoms with van der Waals surface area (Å²) in [6, 6.07) is 6.51. The van der Waals surface area contributed by atoms with Crippen LogP contribution in [-0.2, 0) is 0 Å². The molecular formula is C18H28FNO. The second kappa shape index (κ2) is 6.35. The maximum Gasteiger partial charge on any atom is 0.125 e. The van der Waals surface area contributed by atoms with E-state index in [4.69, 9.17) is 0 Å². The highest BCUT2D eigenvalue weighted by Gasteiger charge is 2.39. The third kappa shape index (κ3) is 3.76. The van der Waals surface area contributed by atoms with Gasteiger partial charge in [0, 0.05) is 5.69 Å². The van der Waals surface area contributed by atoms with Crippen molar-refractivity contribution in [3.63, 3.8) is 0 Å². The van der Waals surface area contributed by atoms with E-state index in [9.17, 15) is 9.50 Å². The van der Waals surface area contributed by atoms with E-state index < -0.39 is 0 Å². The van der Waals surface area contributed by atoms with Crippen LogP contribution >= 0.6 is 0 Å². The molecular weight excluding hydrogens is 265 g/mol. The Morgan fingerprint density at radius 2 is 2.00 bits per heavy atom. The average molecular weight is 293 g/mol. The molecule has 0 unspecified atom stereocenters. The topological polar surface area (TPSA) is 32.3 Å². The van der Waals surface area contributed by atoms with E-state index in [0.29, 0.717) is 11.3 Å². The predicted octanol–water partition coefficient (Wildman–Crippen LogP) is 4.60. The van der Waals surface area contributed by atoms with E-state index in [1.807, 2.05) is 6.07 Å². The summed E-state index contributed by atoms with van der Waals surface area (Å²) in [6.07, 6.45) is 5.29. The van der Waals surface area contributed by atoms with Crippen LogP contribution in [0.3, 0.4) is 0 Å². The predicted molar refractivity (Wildman–Crippen MR) is 85.9 cm³/mol. The highest BCUT2D eigenvalue weighted by atomic mass is 19.1. The maximum absolute atomic E-state index is 13.3. The molecule has 0 heterocycles. The van der Waals surface area contributed by atoms with Crippen molar-refractivity contribution in [1.29, 1.82) is 0 Å². The van der Waals surface area contributed by atoms with Gasteiger partial charge in [-0.2, -0.15) is 0 Å². The first kappa shape index (κ1) is 16.3. The Kier molecular flexibility index (Phi) is 4.92. The molecule has 1 aliphatic rings. The van der Waals surface area contributed by atoms with Crippen molar-refractivity contribution in [2.45, 2.75) is 58.4 Å². The minimum atomic E-state index is -0.298. The van der Waals surface area contributed by atoms with Crippen molar-refractivity contribution in [3.8, 4) is 0 Å². The first-order valence-electron chi connectivity index (χ1n) is 8.05. The summed E-state index contributed by atoms with van der Waals surface area (Å²) in [4.78, 5) is 0. The first-order valence-corrected chi connectivity index (χ1v) is 8.05. The van der Waals surface area contributed by atoms with Crippen LogP contribution in [0.2, 0.25) is 0 Å². The molecule has 1 saturated carbocycles. The van der Waals surface area contributed by atoms with E-state index in [2.05, 4.69) is 26.1 Å². The average Bonchev–Trinajstić information content (AvgIpc) is 2.48. The van der Waals surface area contributed by atoms with E-state index in [0.717, 1.165) is 31.4 Å². The summed E-state index contributed by atoms with van der Waals surface area (Å²) >= 11 is 0. The second-order valence-electron chi connectivity index (χ2n) is 7.19. The van der Waals surface area contributed by atoms with Gasteiger partial charge in [0.25, 0.3) is 0 Å². The summed E-state index contributed by atoms with van der Waals surface area (Å²) in [6.45, 7) is 7.02. The fraction of sp³-hybridized carbons (Fsp3) is 0.667. The lowest BCUT2D eigenvalue weighted by molar-refractivity contribution is 0.0921. The van der Waals surface area contributed by atoms with Crippen LogP contribution < -0.4 is 5.32 Å². The van der Waals surface area contributed by atoms with Gasteiger partial charge >= 0.3 is 0 Å². The summed E-state index contributed by atoms with van der Waals surface area (Å²) in [5.74, 6) is 0.463. The number of hydrogen-bond acceptors (Lipinski definition) is 2. The molecule has 0 amide bonds. The van der Waals surface area contributed by atoms with E-state index in [-0.39, 0.29) is 18.0 Å². The Bertz CT molecular complexity index is 464. The van der Waals surface area contributed by atoms with Crippen molar-refractivity contribution in [2.75, 3.05) is 11.9 Å². The molecule has 0 bridgehead atoms. The molecule has 2 N–H and O–H groups in total. The normalized spacial score (nSPS) is 26.6. The van der Waals surface area contributed by atoms with Gasteiger partial charge in [0.2, 0.25) is 0 Å². The second-order valence-corrected chi connectivity index (χ2v) is 7.19. The lowest BCUT2D eigenvalue weighted by Gasteiger charge is -2.45. The molecule has 0 aliphatic heterocycles. The zero-order chi connectivity index (χ0) is 15.5. The quantitative estimate of drug-likeness (QED) is 0.832. The SMILES string of the molecule is CCC(C)(C)C1CCC(CO)(Nc2cccc(F)c2)CC1. The Labute approximate surface area is 127 Å². The molecule has 0 saturated heterocycles. The zero-order valence-electron chi connectivity index (χ0n) is 13.5. The molecule has 0 atom stereocenters. The van der Waals surface area contributed by atoms with Crippen molar-refractivity contribution >= 4 is 5.69 Å². The van der Waals surface area contributed by atoms with Gasteiger partial charge in [-0.3, -0.25) is 0 Å². The third-order valence-corrected chi connectivity index (χ3v) is 5.50. The Morgan fingerprint density at radius 3 is 2.52 bits per heavy atom. The van der Waals surface area contributed by atoms with Crippen LogP contribution in [-0.4, -0.2) is 17.3 Å². The van der Waals surface area contributed by atoms with Gasteiger partial charge in [-0.15, -0.1) is 0 Å². The van der Waals surface area contributed by atoms with Crippen molar-refractivity contribution < 1.29 is 9.50 Å². The highest BCUT2D eigenvalue weighted by molar-refractivity contribution is 5.46. The summed E-state index contributed by atoms with van der Waals surface area (Å²) in [5.41, 5.74) is 0.825. The lowest BCUT2D eigenvalue weighted by Crippen LogP contribution is -2.47. The molecule has 118 valence electrons. The van der Waals surface area contributed by atoms with Gasteiger partial charge in [-0.1, -0.05) is 33.3 Å². The first-order chi connectivity index (χ1) is 9.91. The molecule has 0 spiro atoms. The number of benzene rings is 1. The fourth-order valence-electron chi connectivity index (χ4n) is 3.44. The van der Waals surface area contributed by atoms with Gasteiger partial charge in [0.15, 0.2) is 0 Å². The molecule has 1 fully saturated rings. The Hall–Kier alpha value is -1.09. The number of anilines is 1. The lowest BCUT2D eigenvalue weighted by atomic mass is 9.65. The molecule has 1 aliphatic carbocycles. The number of halogens is 1. The smallest absolute Gasteiger partial charge is 0.125 e. The molecule has 21 heavy (non-hydrogen) atoms. The van der Waals surface area contributed by atoms with Crippen LogP contribution in [0, 0.1) is 17.2 Å². The van der Waals surface area contributed by atoms with Gasteiger partial charge in [0.1, 0.15) is 5.82 Å². The monoisotopic (exact) mass is 293 g/mol. The standard InChI is InChI=1S/C18H28FNO/c1-4-17(2,3)14-8-10-18(13-21,11-9-14)20-16-7-5-6-15(19)12-16/h5-7,12,14,20-21H,4,8-11,13H2,1-3H3. The summed E-state index contributed by atoms with van der Waals surface area (Å²) < 4.78 is 13.3. The van der Waals surface area contributed by atoms with Gasteiger partial charge in [0.05, 0.1) is 12.1 Å². The molecule has 0 aromatic heterocycles. The van der Waals surface area contributed by atoms with Gasteiger partial charge in [-0.25, -0.2) is 4.39 Å². The third-order valence-electron chi connectivity index (χ3n) is 5.50. The Balaban J connectivity index is 2.05. The number of hydrogen-bond donors (Lipinski definition) is 2. The molecule has 3 heteroatoms. The number of nitrogens with one attached hydrogen (secondary N) is 1. The van der Waals surface area contributed by atoms with E-state index in [1.54, 1.807) is 6.07 Å². The van der Waals surface area contributed by atoms with Crippen molar-refractivity contribution in [2.24, 2.45) is 11.3 Å². The molecule has 1 aromatic rings. The van der Waals surface area contributed by atoms with E-state index >= 15 is 0 Å². The Morgan fingerprint density at radius 1 is 1.33 bits per heavy atom. The molecule has 1 aromatic carbocycles. The van der Waals surface area contributed by atoms with Crippen molar-refractivity contribution in [3.05, 3.63) is 30.1 Å². The molecule has 2 nitrogen and oxygen atoms in total. The van der Waals surface area contributed by atoms with E-state index in [1.165, 1.54) is 18.6 Å². The highest BCUT2D eigenvalue weighted by Crippen LogP contribution is 2.44.